The third kappa shape index (κ3) is 2.60. The minimum atomic E-state index is -0.736. The predicted octanol–water partition coefficient (Wildman–Crippen LogP) is 2.19. The van der Waals surface area contributed by atoms with Crippen LogP contribution in [0.3, 0.4) is 0 Å². The largest absolute Gasteiger partial charge is 0.391 e. The highest BCUT2D eigenvalue weighted by Crippen LogP contribution is 2.27. The lowest BCUT2D eigenvalue weighted by Crippen LogP contribution is -2.23. The van der Waals surface area contributed by atoms with Crippen molar-refractivity contribution in [1.82, 2.24) is 10.1 Å². The van der Waals surface area contributed by atoms with Gasteiger partial charge in [-0.3, -0.25) is 0 Å². The van der Waals surface area contributed by atoms with Crippen molar-refractivity contribution in [2.24, 2.45) is 5.73 Å². The van der Waals surface area contributed by atoms with Gasteiger partial charge in [0.2, 0.25) is 11.7 Å². The van der Waals surface area contributed by atoms with Gasteiger partial charge in [-0.1, -0.05) is 27.2 Å². The standard InChI is InChI=1S/C12H14BrN3O2/c1-6-3-4-8(9(13)5-6)11-15-12(18-16-11)10(14)7(2)17/h3-5,7,10,17H,14H2,1-2H3/t7-,10+/m1/s1. The fraction of sp³-hybridized carbons (Fsp3) is 0.333. The highest BCUT2D eigenvalue weighted by atomic mass is 79.9. The van der Waals surface area contributed by atoms with Crippen LogP contribution in [0.5, 0.6) is 0 Å². The number of aliphatic hydroxyl groups excluding tert-OH is 1. The molecule has 5 nitrogen and oxygen atoms in total. The van der Waals surface area contributed by atoms with E-state index in [-0.39, 0.29) is 5.89 Å². The van der Waals surface area contributed by atoms with Crippen molar-refractivity contribution in [2.45, 2.75) is 26.0 Å². The molecule has 3 N–H and O–H groups in total. The van der Waals surface area contributed by atoms with E-state index in [1.165, 1.54) is 0 Å². The number of rotatable bonds is 3. The van der Waals surface area contributed by atoms with Crippen LogP contribution in [-0.2, 0) is 0 Å². The van der Waals surface area contributed by atoms with E-state index in [4.69, 9.17) is 10.3 Å². The topological polar surface area (TPSA) is 85.2 Å². The molecule has 6 heteroatoms. The zero-order chi connectivity index (χ0) is 13.3. The Bertz CT molecular complexity index is 554. The second kappa shape index (κ2) is 5.17. The number of aliphatic hydroxyl groups is 1. The lowest BCUT2D eigenvalue weighted by atomic mass is 10.1. The molecule has 0 bridgehead atoms. The summed E-state index contributed by atoms with van der Waals surface area (Å²) < 4.78 is 5.95. The number of hydrogen-bond donors (Lipinski definition) is 2. The molecule has 0 saturated heterocycles. The molecule has 0 spiro atoms. The molecule has 0 fully saturated rings. The number of aromatic nitrogens is 2. The zero-order valence-electron chi connectivity index (χ0n) is 10.1. The molecule has 96 valence electrons. The first-order valence-electron chi connectivity index (χ1n) is 5.53. The van der Waals surface area contributed by atoms with Gasteiger partial charge in [0.25, 0.3) is 0 Å². The maximum Gasteiger partial charge on any atom is 0.246 e. The normalized spacial score (nSPS) is 14.5. The van der Waals surface area contributed by atoms with Crippen molar-refractivity contribution in [3.8, 4) is 11.4 Å². The molecule has 2 aromatic rings. The van der Waals surface area contributed by atoms with Crippen molar-refractivity contribution in [1.29, 1.82) is 0 Å². The van der Waals surface area contributed by atoms with E-state index >= 15 is 0 Å². The lowest BCUT2D eigenvalue weighted by Gasteiger charge is -2.08. The summed E-state index contributed by atoms with van der Waals surface area (Å²) in [5.41, 5.74) is 7.69. The third-order valence-corrected chi connectivity index (χ3v) is 3.27. The third-order valence-electron chi connectivity index (χ3n) is 2.61. The van der Waals surface area contributed by atoms with Crippen molar-refractivity contribution in [3.63, 3.8) is 0 Å². The first-order valence-corrected chi connectivity index (χ1v) is 6.32. The van der Waals surface area contributed by atoms with Gasteiger partial charge < -0.3 is 15.4 Å². The SMILES string of the molecule is Cc1ccc(-c2noc([C@@H](N)[C@@H](C)O)n2)c(Br)c1. The Morgan fingerprint density at radius 1 is 1.44 bits per heavy atom. The number of halogens is 1. The van der Waals surface area contributed by atoms with Crippen molar-refractivity contribution >= 4 is 15.9 Å². The lowest BCUT2D eigenvalue weighted by molar-refractivity contribution is 0.146. The molecule has 0 saturated carbocycles. The summed E-state index contributed by atoms with van der Waals surface area (Å²) in [5, 5.41) is 13.3. The summed E-state index contributed by atoms with van der Waals surface area (Å²) in [6, 6.07) is 5.17. The Hall–Kier alpha value is -1.24. The average Bonchev–Trinajstić information content (AvgIpc) is 2.77. The molecular formula is C12H14BrN3O2. The Labute approximate surface area is 113 Å². The number of nitrogens with two attached hydrogens (primary N) is 1. The Kier molecular flexibility index (Phi) is 3.79. The number of aryl methyl sites for hydroxylation is 1. The molecule has 0 radical (unpaired) electrons. The first kappa shape index (κ1) is 13.2. The second-order valence-electron chi connectivity index (χ2n) is 4.21. The van der Waals surface area contributed by atoms with Crippen molar-refractivity contribution in [3.05, 3.63) is 34.1 Å². The van der Waals surface area contributed by atoms with Gasteiger partial charge in [0, 0.05) is 10.0 Å². The van der Waals surface area contributed by atoms with Crippen LogP contribution in [0, 0.1) is 6.92 Å². The van der Waals surface area contributed by atoms with Gasteiger partial charge in [0.15, 0.2) is 0 Å². The van der Waals surface area contributed by atoms with Crippen LogP contribution in [0.15, 0.2) is 27.2 Å². The molecule has 0 aliphatic rings. The molecule has 0 aliphatic heterocycles. The van der Waals surface area contributed by atoms with Crippen LogP contribution < -0.4 is 5.73 Å². The molecule has 2 atom stereocenters. The van der Waals surface area contributed by atoms with Gasteiger partial charge in [0.05, 0.1) is 6.10 Å². The van der Waals surface area contributed by atoms with Crippen LogP contribution in [-0.4, -0.2) is 21.4 Å². The zero-order valence-corrected chi connectivity index (χ0v) is 11.7. The predicted molar refractivity (Wildman–Crippen MR) is 70.8 cm³/mol. The van der Waals surface area contributed by atoms with Crippen LogP contribution >= 0.6 is 15.9 Å². The summed E-state index contributed by atoms with van der Waals surface area (Å²) in [6.45, 7) is 3.58. The maximum atomic E-state index is 9.38. The summed E-state index contributed by atoms with van der Waals surface area (Å²) in [7, 11) is 0. The van der Waals surface area contributed by atoms with Crippen LogP contribution in [0.4, 0.5) is 0 Å². The smallest absolute Gasteiger partial charge is 0.246 e. The highest BCUT2D eigenvalue weighted by molar-refractivity contribution is 9.10. The van der Waals surface area contributed by atoms with Crippen LogP contribution in [0.25, 0.3) is 11.4 Å². The van der Waals surface area contributed by atoms with E-state index in [1.54, 1.807) is 6.92 Å². The Morgan fingerprint density at radius 3 is 2.78 bits per heavy atom. The van der Waals surface area contributed by atoms with E-state index in [0.717, 1.165) is 15.6 Å². The van der Waals surface area contributed by atoms with Crippen molar-refractivity contribution in [2.75, 3.05) is 0 Å². The monoisotopic (exact) mass is 311 g/mol. The van der Waals surface area contributed by atoms with Gasteiger partial charge in [-0.05, 0) is 31.5 Å². The molecule has 0 amide bonds. The molecule has 1 aromatic heterocycles. The van der Waals surface area contributed by atoms with Gasteiger partial charge >= 0.3 is 0 Å². The van der Waals surface area contributed by atoms with Gasteiger partial charge in [-0.15, -0.1) is 0 Å². The fourth-order valence-electron chi connectivity index (χ4n) is 1.49. The minimum absolute atomic E-state index is 0.229. The fourth-order valence-corrected chi connectivity index (χ4v) is 2.16. The molecule has 18 heavy (non-hydrogen) atoms. The van der Waals surface area contributed by atoms with Crippen LogP contribution in [0.1, 0.15) is 24.4 Å². The quantitative estimate of drug-likeness (QED) is 0.907. The highest BCUT2D eigenvalue weighted by Gasteiger charge is 2.20. The van der Waals surface area contributed by atoms with Gasteiger partial charge in [-0.2, -0.15) is 4.98 Å². The van der Waals surface area contributed by atoms with Crippen LogP contribution in [0.2, 0.25) is 0 Å². The summed E-state index contributed by atoms with van der Waals surface area (Å²) in [5.74, 6) is 0.681. The van der Waals surface area contributed by atoms with Gasteiger partial charge in [0.1, 0.15) is 6.04 Å². The van der Waals surface area contributed by atoms with E-state index in [1.807, 2.05) is 25.1 Å². The van der Waals surface area contributed by atoms with E-state index in [2.05, 4.69) is 26.1 Å². The maximum absolute atomic E-state index is 9.38. The summed E-state index contributed by atoms with van der Waals surface area (Å²) >= 11 is 3.46. The average molecular weight is 312 g/mol. The molecular weight excluding hydrogens is 298 g/mol. The first-order chi connectivity index (χ1) is 8.49. The number of nitrogens with zero attached hydrogens (tertiary/aromatic N) is 2. The van der Waals surface area contributed by atoms with E-state index in [0.29, 0.717) is 5.82 Å². The second-order valence-corrected chi connectivity index (χ2v) is 5.06. The summed E-state index contributed by atoms with van der Waals surface area (Å²) in [4.78, 5) is 4.20. The molecule has 0 aliphatic carbocycles. The molecule has 1 aromatic carbocycles. The molecule has 0 unspecified atom stereocenters. The molecule has 1 heterocycles. The number of hydrogen-bond acceptors (Lipinski definition) is 5. The van der Waals surface area contributed by atoms with Gasteiger partial charge in [-0.25, -0.2) is 0 Å². The number of benzene rings is 1. The van der Waals surface area contributed by atoms with Crippen molar-refractivity contribution < 1.29 is 9.63 Å². The van der Waals surface area contributed by atoms with E-state index < -0.39 is 12.1 Å². The minimum Gasteiger partial charge on any atom is -0.391 e. The molecule has 2 rings (SSSR count). The Balaban J connectivity index is 2.35. The summed E-state index contributed by atoms with van der Waals surface area (Å²) in [6.07, 6.45) is -0.736. The van der Waals surface area contributed by atoms with E-state index in [9.17, 15) is 5.11 Å². The Morgan fingerprint density at radius 2 is 2.17 bits per heavy atom.